The van der Waals surface area contributed by atoms with Crippen LogP contribution < -0.4 is 4.72 Å². The van der Waals surface area contributed by atoms with E-state index < -0.39 is 10.0 Å². The Hall–Kier alpha value is -0.920. The number of nitrogens with one attached hydrogen (secondary N) is 1. The van der Waals surface area contributed by atoms with Gasteiger partial charge in [0.05, 0.1) is 4.90 Å². The molecule has 0 aromatic heterocycles. The summed E-state index contributed by atoms with van der Waals surface area (Å²) < 4.78 is 27.8. The highest BCUT2D eigenvalue weighted by Crippen LogP contribution is 2.13. The molecule has 0 amide bonds. The highest BCUT2D eigenvalue weighted by molar-refractivity contribution is 14.1. The maximum absolute atomic E-state index is 12.2. The van der Waals surface area contributed by atoms with Gasteiger partial charge in [-0.3, -0.25) is 0 Å². The van der Waals surface area contributed by atoms with E-state index in [-0.39, 0.29) is 0 Å². The lowest BCUT2D eigenvalue weighted by molar-refractivity contribution is 0.581. The molecule has 0 bridgehead atoms. The zero-order valence-corrected chi connectivity index (χ0v) is 13.9. The Morgan fingerprint density at radius 1 is 0.950 bits per heavy atom. The normalized spacial score (nSPS) is 11.4. The van der Waals surface area contributed by atoms with Gasteiger partial charge in [0.1, 0.15) is 0 Å². The molecular formula is C15H16INO2S. The van der Waals surface area contributed by atoms with Gasteiger partial charge in [0.25, 0.3) is 0 Å². The molecule has 0 fully saturated rings. The number of hydrogen-bond donors (Lipinski definition) is 1. The molecule has 20 heavy (non-hydrogen) atoms. The van der Waals surface area contributed by atoms with Crippen molar-refractivity contribution in [2.45, 2.75) is 15.7 Å². The zero-order valence-electron chi connectivity index (χ0n) is 10.9. The van der Waals surface area contributed by atoms with E-state index in [1.807, 2.05) is 36.4 Å². The predicted octanol–water partition coefficient (Wildman–Crippen LogP) is 3.14. The highest BCUT2D eigenvalue weighted by Gasteiger charge is 2.13. The zero-order chi connectivity index (χ0) is 14.4. The van der Waals surface area contributed by atoms with Gasteiger partial charge in [0, 0.05) is 11.0 Å². The molecule has 2 rings (SSSR count). The summed E-state index contributed by atoms with van der Waals surface area (Å²) in [5, 5.41) is 0. The summed E-state index contributed by atoms with van der Waals surface area (Å²) in [6.07, 6.45) is 0.687. The lowest BCUT2D eigenvalue weighted by atomic mass is 10.2. The third-order valence-corrected chi connectivity index (χ3v) is 5.25. The fourth-order valence-electron chi connectivity index (χ4n) is 1.85. The van der Waals surface area contributed by atoms with Crippen molar-refractivity contribution in [1.82, 2.24) is 4.72 Å². The lowest BCUT2D eigenvalue weighted by Crippen LogP contribution is -2.26. The van der Waals surface area contributed by atoms with Gasteiger partial charge in [0.2, 0.25) is 10.0 Å². The van der Waals surface area contributed by atoms with Gasteiger partial charge in [-0.05, 0) is 29.7 Å². The standard InChI is InChI=1S/C15H16INO2S/c16-12-14-7-4-8-15(11-14)20(18,19)17-10-9-13-5-2-1-3-6-13/h1-8,11,17H,9-10,12H2. The minimum Gasteiger partial charge on any atom is -0.211 e. The van der Waals surface area contributed by atoms with Gasteiger partial charge in [-0.15, -0.1) is 0 Å². The van der Waals surface area contributed by atoms with E-state index in [4.69, 9.17) is 0 Å². The van der Waals surface area contributed by atoms with Crippen LogP contribution in [0.1, 0.15) is 11.1 Å². The number of sulfonamides is 1. The molecule has 0 spiro atoms. The molecule has 0 radical (unpaired) electrons. The average molecular weight is 401 g/mol. The Morgan fingerprint density at radius 2 is 1.65 bits per heavy atom. The Balaban J connectivity index is 2.00. The Bertz CT molecular complexity index is 657. The van der Waals surface area contributed by atoms with Crippen molar-refractivity contribution in [3.63, 3.8) is 0 Å². The molecular weight excluding hydrogens is 385 g/mol. The fourth-order valence-corrected chi connectivity index (χ4v) is 3.43. The molecule has 0 unspecified atom stereocenters. The van der Waals surface area contributed by atoms with E-state index in [9.17, 15) is 8.42 Å². The van der Waals surface area contributed by atoms with Gasteiger partial charge in [-0.25, -0.2) is 13.1 Å². The topological polar surface area (TPSA) is 46.2 Å². The smallest absolute Gasteiger partial charge is 0.211 e. The van der Waals surface area contributed by atoms with E-state index >= 15 is 0 Å². The molecule has 0 saturated carbocycles. The molecule has 2 aromatic rings. The van der Waals surface area contributed by atoms with Crippen molar-refractivity contribution in [3.05, 3.63) is 65.7 Å². The molecule has 0 atom stereocenters. The van der Waals surface area contributed by atoms with Crippen molar-refractivity contribution >= 4 is 32.6 Å². The van der Waals surface area contributed by atoms with Gasteiger partial charge in [-0.2, -0.15) is 0 Å². The minimum atomic E-state index is -3.42. The molecule has 0 aliphatic carbocycles. The second-order valence-corrected chi connectivity index (χ2v) is 6.94. The van der Waals surface area contributed by atoms with Crippen LogP contribution in [0.5, 0.6) is 0 Å². The summed E-state index contributed by atoms with van der Waals surface area (Å²) in [5.74, 6) is 0. The summed E-state index contributed by atoms with van der Waals surface area (Å²) >= 11 is 2.22. The average Bonchev–Trinajstić information content (AvgIpc) is 2.48. The van der Waals surface area contributed by atoms with Gasteiger partial charge >= 0.3 is 0 Å². The van der Waals surface area contributed by atoms with E-state index in [1.165, 1.54) is 0 Å². The summed E-state index contributed by atoms with van der Waals surface area (Å²) in [6, 6.07) is 16.9. The van der Waals surface area contributed by atoms with Crippen LogP contribution in [-0.2, 0) is 20.9 Å². The van der Waals surface area contributed by atoms with Gasteiger partial charge < -0.3 is 0 Å². The summed E-state index contributed by atoms with van der Waals surface area (Å²) in [4.78, 5) is 0.333. The molecule has 1 N–H and O–H groups in total. The van der Waals surface area contributed by atoms with Crippen LogP contribution in [0.2, 0.25) is 0 Å². The number of benzene rings is 2. The monoisotopic (exact) mass is 401 g/mol. The first kappa shape index (κ1) is 15.5. The van der Waals surface area contributed by atoms with Crippen LogP contribution in [0.3, 0.4) is 0 Å². The minimum absolute atomic E-state index is 0.333. The van der Waals surface area contributed by atoms with Crippen LogP contribution in [-0.4, -0.2) is 15.0 Å². The molecule has 2 aromatic carbocycles. The molecule has 3 nitrogen and oxygen atoms in total. The largest absolute Gasteiger partial charge is 0.240 e. The van der Waals surface area contributed by atoms with E-state index in [0.29, 0.717) is 17.9 Å². The molecule has 0 saturated heterocycles. The molecule has 0 aliphatic rings. The van der Waals surface area contributed by atoms with Crippen LogP contribution in [0.15, 0.2) is 59.5 Å². The fraction of sp³-hybridized carbons (Fsp3) is 0.200. The number of alkyl halides is 1. The highest BCUT2D eigenvalue weighted by atomic mass is 127. The van der Waals surface area contributed by atoms with Crippen LogP contribution in [0.25, 0.3) is 0 Å². The van der Waals surface area contributed by atoms with E-state index in [1.54, 1.807) is 18.2 Å². The lowest BCUT2D eigenvalue weighted by Gasteiger charge is -2.08. The third kappa shape index (κ3) is 4.29. The van der Waals surface area contributed by atoms with Crippen molar-refractivity contribution in [2.75, 3.05) is 6.54 Å². The Kier molecular flexibility index (Phi) is 5.56. The van der Waals surface area contributed by atoms with E-state index in [2.05, 4.69) is 27.3 Å². The number of hydrogen-bond acceptors (Lipinski definition) is 2. The third-order valence-electron chi connectivity index (χ3n) is 2.91. The molecule has 0 aliphatic heterocycles. The Morgan fingerprint density at radius 3 is 2.35 bits per heavy atom. The number of rotatable bonds is 6. The molecule has 5 heteroatoms. The van der Waals surface area contributed by atoms with Crippen molar-refractivity contribution < 1.29 is 8.42 Å². The maximum atomic E-state index is 12.2. The van der Waals surface area contributed by atoms with E-state index in [0.717, 1.165) is 15.6 Å². The predicted molar refractivity (Wildman–Crippen MR) is 89.5 cm³/mol. The van der Waals surface area contributed by atoms with Gasteiger partial charge in [0.15, 0.2) is 0 Å². The maximum Gasteiger partial charge on any atom is 0.240 e. The van der Waals surface area contributed by atoms with Crippen LogP contribution >= 0.6 is 22.6 Å². The molecule has 0 heterocycles. The first-order valence-electron chi connectivity index (χ1n) is 6.30. The van der Waals surface area contributed by atoms with Crippen molar-refractivity contribution in [1.29, 1.82) is 0 Å². The van der Waals surface area contributed by atoms with Crippen LogP contribution in [0, 0.1) is 0 Å². The summed E-state index contributed by atoms with van der Waals surface area (Å²) in [5.41, 5.74) is 2.13. The second kappa shape index (κ2) is 7.19. The van der Waals surface area contributed by atoms with Gasteiger partial charge in [-0.1, -0.05) is 65.1 Å². The van der Waals surface area contributed by atoms with Crippen molar-refractivity contribution in [2.24, 2.45) is 0 Å². The quantitative estimate of drug-likeness (QED) is 0.597. The second-order valence-electron chi connectivity index (χ2n) is 4.41. The van der Waals surface area contributed by atoms with Crippen LogP contribution in [0.4, 0.5) is 0 Å². The SMILES string of the molecule is O=S(=O)(NCCc1ccccc1)c1cccc(CI)c1. The Labute approximate surface area is 133 Å². The van der Waals surface area contributed by atoms with Crippen molar-refractivity contribution in [3.8, 4) is 0 Å². The summed E-state index contributed by atoms with van der Waals surface area (Å²) in [6.45, 7) is 0.404. The molecule has 106 valence electrons. The first-order chi connectivity index (χ1) is 9.62. The summed E-state index contributed by atoms with van der Waals surface area (Å²) in [7, 11) is -3.42. The first-order valence-corrected chi connectivity index (χ1v) is 9.31. The number of halogens is 1.